The minimum atomic E-state index is 0.139. The number of carbonyl (C=O) groups is 1. The van der Waals surface area contributed by atoms with Gasteiger partial charge in [0.1, 0.15) is 0 Å². The highest BCUT2D eigenvalue weighted by Gasteiger charge is 2.15. The first-order valence-electron chi connectivity index (χ1n) is 7.95. The zero-order valence-corrected chi connectivity index (χ0v) is 12.9. The average molecular weight is 278 g/mol. The number of rotatable bonds is 4. The van der Waals surface area contributed by atoms with Crippen LogP contribution in [0.15, 0.2) is 42.5 Å². The number of aryl methyl sites for hydroxylation is 2. The lowest BCUT2D eigenvalue weighted by Crippen LogP contribution is -2.03. The van der Waals surface area contributed by atoms with Crippen LogP contribution in [0.4, 0.5) is 0 Å². The van der Waals surface area contributed by atoms with Crippen LogP contribution < -0.4 is 0 Å². The molecule has 0 heterocycles. The van der Waals surface area contributed by atoms with E-state index in [1.165, 1.54) is 23.1 Å². The molecule has 2 aromatic rings. The molecule has 1 aliphatic carbocycles. The second-order valence-electron chi connectivity index (χ2n) is 6.10. The molecule has 0 bridgehead atoms. The van der Waals surface area contributed by atoms with Gasteiger partial charge in [0.05, 0.1) is 0 Å². The molecule has 0 fully saturated rings. The van der Waals surface area contributed by atoms with Crippen LogP contribution >= 0.6 is 0 Å². The van der Waals surface area contributed by atoms with Crippen LogP contribution in [0.2, 0.25) is 0 Å². The van der Waals surface area contributed by atoms with Crippen molar-refractivity contribution < 1.29 is 4.79 Å². The quantitative estimate of drug-likeness (QED) is 0.725. The van der Waals surface area contributed by atoms with Gasteiger partial charge in [-0.3, -0.25) is 4.79 Å². The van der Waals surface area contributed by atoms with Gasteiger partial charge in [-0.2, -0.15) is 0 Å². The van der Waals surface area contributed by atoms with Gasteiger partial charge in [0.25, 0.3) is 0 Å². The fourth-order valence-electron chi connectivity index (χ4n) is 3.08. The molecule has 0 saturated carbocycles. The van der Waals surface area contributed by atoms with E-state index in [1.807, 2.05) is 18.2 Å². The molecule has 1 aliphatic rings. The lowest BCUT2D eigenvalue weighted by Gasteiger charge is -2.10. The third-order valence-corrected chi connectivity index (χ3v) is 4.71. The number of ketones is 1. The maximum absolute atomic E-state index is 12.6. The molecular formula is C20H22O. The molecule has 2 aromatic carbocycles. The molecule has 0 aromatic heterocycles. The van der Waals surface area contributed by atoms with E-state index in [9.17, 15) is 4.79 Å². The van der Waals surface area contributed by atoms with Gasteiger partial charge in [-0.05, 0) is 54.4 Å². The third-order valence-electron chi connectivity index (χ3n) is 4.71. The Morgan fingerprint density at radius 3 is 2.38 bits per heavy atom. The van der Waals surface area contributed by atoms with Crippen LogP contribution in [0, 0.1) is 0 Å². The second-order valence-corrected chi connectivity index (χ2v) is 6.10. The second kappa shape index (κ2) is 5.85. The van der Waals surface area contributed by atoms with Crippen LogP contribution in [-0.4, -0.2) is 5.78 Å². The van der Waals surface area contributed by atoms with Gasteiger partial charge < -0.3 is 0 Å². The first kappa shape index (κ1) is 14.1. The first-order chi connectivity index (χ1) is 10.2. The van der Waals surface area contributed by atoms with E-state index in [2.05, 4.69) is 38.1 Å². The highest BCUT2D eigenvalue weighted by Crippen LogP contribution is 2.25. The van der Waals surface area contributed by atoms with E-state index in [0.29, 0.717) is 5.92 Å². The predicted octanol–water partition coefficient (Wildman–Crippen LogP) is 4.92. The molecular weight excluding hydrogens is 256 g/mol. The molecule has 0 saturated heterocycles. The minimum Gasteiger partial charge on any atom is -0.289 e. The normalized spacial score (nSPS) is 14.8. The van der Waals surface area contributed by atoms with Crippen LogP contribution in [0.25, 0.3) is 0 Å². The topological polar surface area (TPSA) is 17.1 Å². The summed E-state index contributed by atoms with van der Waals surface area (Å²) in [4.78, 5) is 12.6. The summed E-state index contributed by atoms with van der Waals surface area (Å²) in [7, 11) is 0. The van der Waals surface area contributed by atoms with E-state index in [0.717, 1.165) is 30.4 Å². The van der Waals surface area contributed by atoms with E-state index in [-0.39, 0.29) is 5.78 Å². The Morgan fingerprint density at radius 1 is 1.00 bits per heavy atom. The Bertz CT molecular complexity index is 652. The van der Waals surface area contributed by atoms with Crippen LogP contribution in [0.5, 0.6) is 0 Å². The van der Waals surface area contributed by atoms with Gasteiger partial charge in [-0.1, -0.05) is 50.2 Å². The van der Waals surface area contributed by atoms with Crippen molar-refractivity contribution in [1.82, 2.24) is 0 Å². The summed E-state index contributed by atoms with van der Waals surface area (Å²) < 4.78 is 0. The number of fused-ring (bicyclic) bond motifs is 1. The Balaban J connectivity index is 1.85. The molecule has 0 N–H and O–H groups in total. The Kier molecular flexibility index (Phi) is 3.92. The molecule has 1 atom stereocenters. The molecule has 1 heteroatoms. The SMILES string of the molecule is CCC(C)c1ccc(C(=O)c2ccc3c(c2)CCC3)cc1. The van der Waals surface area contributed by atoms with E-state index in [1.54, 1.807) is 0 Å². The fraction of sp³-hybridized carbons (Fsp3) is 0.350. The Hall–Kier alpha value is -1.89. The van der Waals surface area contributed by atoms with Gasteiger partial charge in [0.2, 0.25) is 0 Å². The maximum atomic E-state index is 12.6. The van der Waals surface area contributed by atoms with Crippen molar-refractivity contribution >= 4 is 5.78 Å². The molecule has 0 aliphatic heterocycles. The average Bonchev–Trinajstić information content (AvgIpc) is 3.01. The van der Waals surface area contributed by atoms with Gasteiger partial charge in [0.15, 0.2) is 5.78 Å². The van der Waals surface area contributed by atoms with E-state index < -0.39 is 0 Å². The van der Waals surface area contributed by atoms with E-state index in [4.69, 9.17) is 0 Å². The first-order valence-corrected chi connectivity index (χ1v) is 7.95. The predicted molar refractivity (Wildman–Crippen MR) is 87.0 cm³/mol. The molecule has 1 unspecified atom stereocenters. The summed E-state index contributed by atoms with van der Waals surface area (Å²) in [5.41, 5.74) is 5.70. The van der Waals surface area contributed by atoms with Crippen molar-refractivity contribution in [2.75, 3.05) is 0 Å². The standard InChI is InChI=1S/C20H22O/c1-3-14(2)15-7-10-17(11-8-15)20(21)19-12-9-16-5-4-6-18(16)13-19/h7-14H,3-6H2,1-2H3. The maximum Gasteiger partial charge on any atom is 0.193 e. The van der Waals surface area contributed by atoms with E-state index >= 15 is 0 Å². The van der Waals surface area contributed by atoms with Crippen LogP contribution in [0.1, 0.15) is 65.2 Å². The molecule has 0 radical (unpaired) electrons. The lowest BCUT2D eigenvalue weighted by atomic mass is 9.95. The summed E-state index contributed by atoms with van der Waals surface area (Å²) in [6.07, 6.45) is 4.62. The van der Waals surface area contributed by atoms with Gasteiger partial charge in [0, 0.05) is 11.1 Å². The van der Waals surface area contributed by atoms with Crippen LogP contribution in [0.3, 0.4) is 0 Å². The number of hydrogen-bond donors (Lipinski definition) is 0. The number of benzene rings is 2. The van der Waals surface area contributed by atoms with Crippen molar-refractivity contribution in [1.29, 1.82) is 0 Å². The lowest BCUT2D eigenvalue weighted by molar-refractivity contribution is 0.103. The van der Waals surface area contributed by atoms with Gasteiger partial charge in [-0.25, -0.2) is 0 Å². The van der Waals surface area contributed by atoms with Crippen molar-refractivity contribution in [2.24, 2.45) is 0 Å². The summed E-state index contributed by atoms with van der Waals surface area (Å²) in [5, 5.41) is 0. The fourth-order valence-corrected chi connectivity index (χ4v) is 3.08. The Morgan fingerprint density at radius 2 is 1.67 bits per heavy atom. The highest BCUT2D eigenvalue weighted by atomic mass is 16.1. The highest BCUT2D eigenvalue weighted by molar-refractivity contribution is 6.09. The van der Waals surface area contributed by atoms with Crippen molar-refractivity contribution in [3.8, 4) is 0 Å². The van der Waals surface area contributed by atoms with Crippen molar-refractivity contribution in [2.45, 2.75) is 45.4 Å². The minimum absolute atomic E-state index is 0.139. The number of hydrogen-bond acceptors (Lipinski definition) is 1. The molecule has 3 rings (SSSR count). The van der Waals surface area contributed by atoms with Crippen molar-refractivity contribution in [3.05, 3.63) is 70.3 Å². The smallest absolute Gasteiger partial charge is 0.193 e. The summed E-state index contributed by atoms with van der Waals surface area (Å²) in [6, 6.07) is 14.3. The zero-order valence-electron chi connectivity index (χ0n) is 12.9. The summed E-state index contributed by atoms with van der Waals surface area (Å²) in [5.74, 6) is 0.689. The summed E-state index contributed by atoms with van der Waals surface area (Å²) in [6.45, 7) is 4.41. The molecule has 108 valence electrons. The summed E-state index contributed by atoms with van der Waals surface area (Å²) >= 11 is 0. The third kappa shape index (κ3) is 2.78. The largest absolute Gasteiger partial charge is 0.289 e. The number of carbonyl (C=O) groups excluding carboxylic acids is 1. The Labute approximate surface area is 127 Å². The van der Waals surface area contributed by atoms with Crippen LogP contribution in [-0.2, 0) is 12.8 Å². The zero-order chi connectivity index (χ0) is 14.8. The molecule has 21 heavy (non-hydrogen) atoms. The van der Waals surface area contributed by atoms with Gasteiger partial charge >= 0.3 is 0 Å². The monoisotopic (exact) mass is 278 g/mol. The molecule has 0 amide bonds. The van der Waals surface area contributed by atoms with Crippen molar-refractivity contribution in [3.63, 3.8) is 0 Å². The molecule has 0 spiro atoms. The molecule has 1 nitrogen and oxygen atoms in total. The van der Waals surface area contributed by atoms with Gasteiger partial charge in [-0.15, -0.1) is 0 Å².